The third kappa shape index (κ3) is 4.30. The zero-order chi connectivity index (χ0) is 13.7. The van der Waals surface area contributed by atoms with Crippen molar-refractivity contribution in [1.29, 1.82) is 0 Å². The zero-order valence-electron chi connectivity index (χ0n) is 10.8. The van der Waals surface area contributed by atoms with Crippen molar-refractivity contribution in [2.75, 3.05) is 19.7 Å². The Balaban J connectivity index is 1.84. The van der Waals surface area contributed by atoms with Crippen LogP contribution < -0.4 is 5.90 Å². The van der Waals surface area contributed by atoms with Crippen molar-refractivity contribution in [3.05, 3.63) is 34.3 Å². The zero-order valence-corrected chi connectivity index (χ0v) is 12.4. The molecule has 0 aliphatic carbocycles. The van der Waals surface area contributed by atoms with Gasteiger partial charge in [0.25, 0.3) is 0 Å². The van der Waals surface area contributed by atoms with E-state index in [1.165, 1.54) is 0 Å². The van der Waals surface area contributed by atoms with Crippen molar-refractivity contribution in [3.8, 4) is 0 Å². The molecule has 1 fully saturated rings. The maximum absolute atomic E-state index is 12.2. The lowest BCUT2D eigenvalue weighted by Gasteiger charge is -2.31. The molecule has 1 aromatic rings. The van der Waals surface area contributed by atoms with Crippen molar-refractivity contribution in [2.24, 2.45) is 11.8 Å². The topological polar surface area (TPSA) is 55.6 Å². The maximum atomic E-state index is 12.2. The Hall–Kier alpha value is -0.910. The molecule has 0 radical (unpaired) electrons. The summed E-state index contributed by atoms with van der Waals surface area (Å²) < 4.78 is 1.01. The molecule has 1 saturated heterocycles. The van der Waals surface area contributed by atoms with E-state index in [-0.39, 0.29) is 5.91 Å². The lowest BCUT2D eigenvalue weighted by Crippen LogP contribution is -2.40. The lowest BCUT2D eigenvalue weighted by atomic mass is 9.97. The minimum atomic E-state index is 0.199. The highest BCUT2D eigenvalue weighted by Crippen LogP contribution is 2.18. The summed E-state index contributed by atoms with van der Waals surface area (Å²) in [4.78, 5) is 18.8. The number of carbonyl (C=O) groups is 1. The smallest absolute Gasteiger partial charge is 0.226 e. The first kappa shape index (κ1) is 14.5. The summed E-state index contributed by atoms with van der Waals surface area (Å²) in [7, 11) is 0. The molecule has 0 atom stereocenters. The van der Waals surface area contributed by atoms with Crippen molar-refractivity contribution >= 4 is 21.8 Å². The minimum absolute atomic E-state index is 0.199. The Morgan fingerprint density at radius 3 is 2.79 bits per heavy atom. The molecule has 1 heterocycles. The lowest BCUT2D eigenvalue weighted by molar-refractivity contribution is -0.132. The van der Waals surface area contributed by atoms with Gasteiger partial charge in [-0.2, -0.15) is 0 Å². The van der Waals surface area contributed by atoms with Crippen LogP contribution in [0.15, 0.2) is 28.7 Å². The summed E-state index contributed by atoms with van der Waals surface area (Å²) in [6.07, 6.45) is 2.42. The second-order valence-electron chi connectivity index (χ2n) is 4.96. The molecule has 0 unspecified atom stereocenters. The van der Waals surface area contributed by atoms with Gasteiger partial charge < -0.3 is 9.74 Å². The summed E-state index contributed by atoms with van der Waals surface area (Å²) in [6, 6.07) is 7.90. The first-order chi connectivity index (χ1) is 9.19. The van der Waals surface area contributed by atoms with Crippen molar-refractivity contribution < 1.29 is 9.63 Å². The fourth-order valence-electron chi connectivity index (χ4n) is 2.42. The molecular weight excluding hydrogens is 308 g/mol. The molecule has 0 aromatic heterocycles. The number of benzene rings is 1. The molecule has 5 heteroatoms. The first-order valence-corrected chi connectivity index (χ1v) is 7.32. The van der Waals surface area contributed by atoms with Crippen LogP contribution in [0.2, 0.25) is 0 Å². The third-order valence-corrected chi connectivity index (χ3v) is 4.04. The van der Waals surface area contributed by atoms with E-state index < -0.39 is 0 Å². The predicted molar refractivity (Wildman–Crippen MR) is 77.3 cm³/mol. The molecule has 4 nitrogen and oxygen atoms in total. The van der Waals surface area contributed by atoms with Gasteiger partial charge in [0.1, 0.15) is 0 Å². The van der Waals surface area contributed by atoms with E-state index in [4.69, 9.17) is 5.90 Å². The fourth-order valence-corrected chi connectivity index (χ4v) is 2.87. The number of rotatable bonds is 4. The summed E-state index contributed by atoms with van der Waals surface area (Å²) in [5.74, 6) is 5.77. The van der Waals surface area contributed by atoms with Gasteiger partial charge in [0.15, 0.2) is 0 Å². The first-order valence-electron chi connectivity index (χ1n) is 6.53. The van der Waals surface area contributed by atoms with Gasteiger partial charge in [-0.1, -0.05) is 28.1 Å². The standard InChI is InChI=1S/C14H19BrN2O2/c15-13-3-1-2-12(8-13)9-14(18)17-6-4-11(5-7-17)10-19-16/h1-3,8,11H,4-7,9-10,16H2. The van der Waals surface area contributed by atoms with Crippen LogP contribution in [0.3, 0.4) is 0 Å². The summed E-state index contributed by atoms with van der Waals surface area (Å²) >= 11 is 3.42. The van der Waals surface area contributed by atoms with E-state index in [1.807, 2.05) is 29.2 Å². The van der Waals surface area contributed by atoms with Crippen LogP contribution in [0, 0.1) is 5.92 Å². The van der Waals surface area contributed by atoms with Gasteiger partial charge in [0.2, 0.25) is 5.91 Å². The van der Waals surface area contributed by atoms with Crippen LogP contribution in [-0.2, 0) is 16.1 Å². The number of hydrogen-bond donors (Lipinski definition) is 1. The molecule has 1 aliphatic heterocycles. The van der Waals surface area contributed by atoms with E-state index in [0.717, 1.165) is 36.0 Å². The Labute approximate surface area is 122 Å². The number of piperidine rings is 1. The van der Waals surface area contributed by atoms with Crippen LogP contribution in [0.25, 0.3) is 0 Å². The van der Waals surface area contributed by atoms with E-state index in [1.54, 1.807) is 0 Å². The number of halogens is 1. The second-order valence-corrected chi connectivity index (χ2v) is 5.88. The molecular formula is C14H19BrN2O2. The number of nitrogens with two attached hydrogens (primary N) is 1. The number of hydrogen-bond acceptors (Lipinski definition) is 3. The molecule has 2 N–H and O–H groups in total. The second kappa shape index (κ2) is 7.03. The monoisotopic (exact) mass is 326 g/mol. The van der Waals surface area contributed by atoms with Crippen molar-refractivity contribution in [3.63, 3.8) is 0 Å². The molecule has 104 valence electrons. The maximum Gasteiger partial charge on any atom is 0.226 e. The van der Waals surface area contributed by atoms with E-state index in [2.05, 4.69) is 20.8 Å². The van der Waals surface area contributed by atoms with Gasteiger partial charge in [-0.3, -0.25) is 4.79 Å². The molecule has 19 heavy (non-hydrogen) atoms. The highest BCUT2D eigenvalue weighted by Gasteiger charge is 2.22. The van der Waals surface area contributed by atoms with Crippen molar-refractivity contribution in [2.45, 2.75) is 19.3 Å². The van der Waals surface area contributed by atoms with E-state index >= 15 is 0 Å². The highest BCUT2D eigenvalue weighted by atomic mass is 79.9. The van der Waals surface area contributed by atoms with Gasteiger partial charge in [-0.05, 0) is 36.5 Å². The fraction of sp³-hybridized carbons (Fsp3) is 0.500. The van der Waals surface area contributed by atoms with Crippen LogP contribution in [0.5, 0.6) is 0 Å². The Bertz CT molecular complexity index is 431. The van der Waals surface area contributed by atoms with Gasteiger partial charge in [0.05, 0.1) is 13.0 Å². The number of amides is 1. The van der Waals surface area contributed by atoms with Gasteiger partial charge >= 0.3 is 0 Å². The highest BCUT2D eigenvalue weighted by molar-refractivity contribution is 9.10. The van der Waals surface area contributed by atoms with Crippen molar-refractivity contribution in [1.82, 2.24) is 4.90 Å². The van der Waals surface area contributed by atoms with E-state index in [0.29, 0.717) is 18.9 Å². The Morgan fingerprint density at radius 1 is 1.42 bits per heavy atom. The predicted octanol–water partition coefficient (Wildman–Crippen LogP) is 2.12. The van der Waals surface area contributed by atoms with Gasteiger partial charge in [0, 0.05) is 17.6 Å². The molecule has 0 saturated carbocycles. The van der Waals surface area contributed by atoms with Crippen LogP contribution in [0.1, 0.15) is 18.4 Å². The molecule has 1 aliphatic rings. The molecule has 1 amide bonds. The average molecular weight is 327 g/mol. The average Bonchev–Trinajstić information content (AvgIpc) is 2.40. The normalized spacial score (nSPS) is 16.6. The number of likely N-dealkylation sites (tertiary alicyclic amines) is 1. The molecule has 0 bridgehead atoms. The third-order valence-electron chi connectivity index (χ3n) is 3.54. The largest absolute Gasteiger partial charge is 0.342 e. The van der Waals surface area contributed by atoms with E-state index in [9.17, 15) is 4.79 Å². The summed E-state index contributed by atoms with van der Waals surface area (Å²) in [5.41, 5.74) is 1.05. The quantitative estimate of drug-likeness (QED) is 0.862. The minimum Gasteiger partial charge on any atom is -0.342 e. The number of nitrogens with zero attached hydrogens (tertiary/aromatic N) is 1. The van der Waals surface area contributed by atoms with Crippen LogP contribution >= 0.6 is 15.9 Å². The summed E-state index contributed by atoms with van der Waals surface area (Å²) in [5, 5.41) is 0. The Morgan fingerprint density at radius 2 is 2.16 bits per heavy atom. The van der Waals surface area contributed by atoms with Crippen LogP contribution in [0.4, 0.5) is 0 Å². The molecule has 1 aromatic carbocycles. The Kier molecular flexibility index (Phi) is 5.36. The van der Waals surface area contributed by atoms with Gasteiger partial charge in [-0.15, -0.1) is 0 Å². The molecule has 2 rings (SSSR count). The van der Waals surface area contributed by atoms with Crippen LogP contribution in [-0.4, -0.2) is 30.5 Å². The molecule has 0 spiro atoms. The number of carbonyl (C=O) groups excluding carboxylic acids is 1. The SMILES string of the molecule is NOCC1CCN(C(=O)Cc2cccc(Br)c2)CC1. The summed E-state index contributed by atoms with van der Waals surface area (Å²) in [6.45, 7) is 2.20. The van der Waals surface area contributed by atoms with Gasteiger partial charge in [-0.25, -0.2) is 5.90 Å².